The maximum Gasteiger partial charge on any atom is 0.228 e. The van der Waals surface area contributed by atoms with Crippen LogP contribution in [0.2, 0.25) is 0 Å². The summed E-state index contributed by atoms with van der Waals surface area (Å²) < 4.78 is 17.8. The Morgan fingerprint density at radius 1 is 1.21 bits per heavy atom. The van der Waals surface area contributed by atoms with E-state index in [-0.39, 0.29) is 0 Å². The van der Waals surface area contributed by atoms with Crippen LogP contribution >= 0.6 is 0 Å². The number of hydrogen-bond donors (Lipinski definition) is 1. The summed E-state index contributed by atoms with van der Waals surface area (Å²) in [5.74, 6) is 2.49. The fourth-order valence-corrected chi connectivity index (χ4v) is 3.43. The molecule has 1 aliphatic carbocycles. The summed E-state index contributed by atoms with van der Waals surface area (Å²) in [7, 11) is 1.84. The third-order valence-corrected chi connectivity index (χ3v) is 5.18. The molecule has 9 heteroatoms. The normalized spacial score (nSPS) is 15.0. The minimum atomic E-state index is -0.864. The lowest BCUT2D eigenvalue weighted by Gasteiger charge is -2.08. The molecular weight excluding hydrogens is 371 g/mol. The number of halogens is 1. The monoisotopic (exact) mass is 392 g/mol. The molecule has 5 rings (SSSR count). The molecule has 0 radical (unpaired) electrons. The summed E-state index contributed by atoms with van der Waals surface area (Å²) in [5, 5.41) is 15.7. The molecule has 8 nitrogen and oxygen atoms in total. The minimum absolute atomic E-state index is 0.295. The van der Waals surface area contributed by atoms with Crippen molar-refractivity contribution in [2.24, 2.45) is 13.0 Å². The van der Waals surface area contributed by atoms with Crippen LogP contribution in [0.1, 0.15) is 25.1 Å². The number of nitrogens with zero attached hydrogens (tertiary/aromatic N) is 7. The number of hydrogen-bond acceptors (Lipinski definition) is 6. The van der Waals surface area contributed by atoms with Crippen LogP contribution in [0.5, 0.6) is 0 Å². The highest BCUT2D eigenvalue weighted by Gasteiger charge is 2.26. The predicted molar refractivity (Wildman–Crippen MR) is 106 cm³/mol. The summed E-state index contributed by atoms with van der Waals surface area (Å²) in [4.78, 5) is 8.85. The smallest absolute Gasteiger partial charge is 0.228 e. The van der Waals surface area contributed by atoms with E-state index in [1.807, 2.05) is 41.9 Å². The van der Waals surface area contributed by atoms with Gasteiger partial charge in [-0.05, 0) is 30.5 Å². The second-order valence-corrected chi connectivity index (χ2v) is 7.47. The Balaban J connectivity index is 1.37. The molecule has 0 aliphatic heterocycles. The van der Waals surface area contributed by atoms with E-state index >= 15 is 0 Å². The molecule has 1 atom stereocenters. The van der Waals surface area contributed by atoms with Crippen molar-refractivity contribution in [3.8, 4) is 11.3 Å². The van der Waals surface area contributed by atoms with Crippen molar-refractivity contribution in [1.82, 2.24) is 34.3 Å². The van der Waals surface area contributed by atoms with Gasteiger partial charge in [0, 0.05) is 37.5 Å². The first-order valence-electron chi connectivity index (χ1n) is 9.72. The molecule has 0 aromatic carbocycles. The van der Waals surface area contributed by atoms with Gasteiger partial charge in [-0.15, -0.1) is 10.2 Å². The van der Waals surface area contributed by atoms with Gasteiger partial charge in [-0.3, -0.25) is 9.08 Å². The van der Waals surface area contributed by atoms with Crippen LogP contribution in [0.15, 0.2) is 42.9 Å². The van der Waals surface area contributed by atoms with Crippen LogP contribution < -0.4 is 5.32 Å². The maximum atomic E-state index is 14.2. The van der Waals surface area contributed by atoms with Crippen molar-refractivity contribution in [2.75, 3.05) is 5.32 Å². The van der Waals surface area contributed by atoms with Crippen LogP contribution in [0.4, 0.5) is 16.2 Å². The van der Waals surface area contributed by atoms with Gasteiger partial charge in [-0.1, -0.05) is 12.8 Å². The number of anilines is 2. The van der Waals surface area contributed by atoms with E-state index in [4.69, 9.17) is 0 Å². The van der Waals surface area contributed by atoms with Crippen LogP contribution in [-0.2, 0) is 13.5 Å². The van der Waals surface area contributed by atoms with E-state index in [0.29, 0.717) is 36.2 Å². The third kappa shape index (κ3) is 3.80. The fourth-order valence-electron chi connectivity index (χ4n) is 3.43. The second kappa shape index (κ2) is 7.23. The zero-order valence-electron chi connectivity index (χ0n) is 16.0. The minimum Gasteiger partial charge on any atom is -0.309 e. The van der Waals surface area contributed by atoms with Crippen LogP contribution in [-0.4, -0.2) is 40.5 Å². The number of fused-ring (bicyclic) bond motifs is 1. The lowest BCUT2D eigenvalue weighted by atomic mass is 10.1. The summed E-state index contributed by atoms with van der Waals surface area (Å²) in [5.41, 5.74) is 2.33. The van der Waals surface area contributed by atoms with E-state index in [1.54, 1.807) is 17.1 Å². The zero-order chi connectivity index (χ0) is 19.8. The highest BCUT2D eigenvalue weighted by molar-refractivity contribution is 5.65. The predicted octanol–water partition coefficient (Wildman–Crippen LogP) is 3.34. The Morgan fingerprint density at radius 2 is 2.10 bits per heavy atom. The molecule has 148 valence electrons. The highest BCUT2D eigenvalue weighted by atomic mass is 19.1. The van der Waals surface area contributed by atoms with Gasteiger partial charge in [-0.2, -0.15) is 5.10 Å². The van der Waals surface area contributed by atoms with E-state index in [9.17, 15) is 4.39 Å². The van der Waals surface area contributed by atoms with Crippen molar-refractivity contribution in [1.29, 1.82) is 0 Å². The van der Waals surface area contributed by atoms with Gasteiger partial charge in [0.15, 0.2) is 5.65 Å². The molecule has 4 aromatic rings. The first-order valence-corrected chi connectivity index (χ1v) is 9.72. The van der Waals surface area contributed by atoms with Crippen LogP contribution in [0.25, 0.3) is 16.9 Å². The van der Waals surface area contributed by atoms with Crippen molar-refractivity contribution in [3.05, 3.63) is 48.7 Å². The topological polar surface area (TPSA) is 85.8 Å². The maximum absolute atomic E-state index is 14.2. The number of aromatic nitrogens is 7. The number of rotatable bonds is 7. The Labute approximate surface area is 166 Å². The Hall–Kier alpha value is -3.36. The van der Waals surface area contributed by atoms with Gasteiger partial charge < -0.3 is 5.32 Å². The van der Waals surface area contributed by atoms with E-state index in [0.717, 1.165) is 29.9 Å². The summed E-state index contributed by atoms with van der Waals surface area (Å²) in [6, 6.07) is 7.52. The van der Waals surface area contributed by atoms with Gasteiger partial charge in [0.2, 0.25) is 5.95 Å². The fraction of sp³-hybridized carbons (Fsp3) is 0.350. The lowest BCUT2D eigenvalue weighted by Crippen LogP contribution is -2.09. The van der Waals surface area contributed by atoms with E-state index in [2.05, 4.69) is 30.6 Å². The molecule has 0 bridgehead atoms. The van der Waals surface area contributed by atoms with Crippen molar-refractivity contribution < 1.29 is 4.39 Å². The highest BCUT2D eigenvalue weighted by Crippen LogP contribution is 2.35. The quantitative estimate of drug-likeness (QED) is 0.519. The van der Waals surface area contributed by atoms with Gasteiger partial charge in [0.25, 0.3) is 0 Å². The summed E-state index contributed by atoms with van der Waals surface area (Å²) in [6.07, 6.45) is 7.64. The first-order chi connectivity index (χ1) is 14.2. The van der Waals surface area contributed by atoms with Gasteiger partial charge in [0.1, 0.15) is 17.8 Å². The average molecular weight is 392 g/mol. The SMILES string of the molecule is Cn1nccc1Nc1nccc(-c2ccn3c(CC(F)CC4CC4)nnc3c2)n1. The van der Waals surface area contributed by atoms with Crippen molar-refractivity contribution in [2.45, 2.75) is 31.9 Å². The number of aryl methyl sites for hydroxylation is 1. The third-order valence-electron chi connectivity index (χ3n) is 5.18. The zero-order valence-corrected chi connectivity index (χ0v) is 16.0. The average Bonchev–Trinajstić information content (AvgIpc) is 3.31. The molecule has 29 heavy (non-hydrogen) atoms. The van der Waals surface area contributed by atoms with Gasteiger partial charge in [0.05, 0.1) is 11.9 Å². The summed E-state index contributed by atoms with van der Waals surface area (Å²) >= 11 is 0. The van der Waals surface area contributed by atoms with E-state index < -0.39 is 6.17 Å². The molecule has 1 fully saturated rings. The molecule has 1 unspecified atom stereocenters. The first kappa shape index (κ1) is 17.7. The lowest BCUT2D eigenvalue weighted by molar-refractivity contribution is 0.295. The van der Waals surface area contributed by atoms with Crippen molar-refractivity contribution >= 4 is 17.4 Å². The molecule has 1 aliphatic rings. The molecule has 4 aromatic heterocycles. The number of nitrogens with one attached hydrogen (secondary N) is 1. The van der Waals surface area contributed by atoms with E-state index in [1.165, 1.54) is 0 Å². The standard InChI is InChI=1S/C20H21FN8/c1-28-17(5-8-23-28)25-20-22-7-4-16(24-20)14-6-9-29-18(11-14)26-27-19(29)12-15(21)10-13-2-3-13/h4-9,11,13,15H,2-3,10,12H2,1H3,(H,22,24,25). The number of pyridine rings is 1. The molecule has 0 spiro atoms. The largest absolute Gasteiger partial charge is 0.309 e. The number of alkyl halides is 1. The molecule has 4 heterocycles. The molecule has 1 saturated carbocycles. The van der Waals surface area contributed by atoms with Gasteiger partial charge in [-0.25, -0.2) is 14.4 Å². The van der Waals surface area contributed by atoms with Crippen molar-refractivity contribution in [3.63, 3.8) is 0 Å². The Bertz CT molecular complexity index is 1150. The molecular formula is C20H21FN8. The van der Waals surface area contributed by atoms with Gasteiger partial charge >= 0.3 is 0 Å². The van der Waals surface area contributed by atoms with Crippen LogP contribution in [0, 0.1) is 5.92 Å². The molecule has 0 saturated heterocycles. The Kier molecular flexibility index (Phi) is 4.42. The summed E-state index contributed by atoms with van der Waals surface area (Å²) in [6.45, 7) is 0. The van der Waals surface area contributed by atoms with Crippen LogP contribution in [0.3, 0.4) is 0 Å². The molecule has 1 N–H and O–H groups in total. The Morgan fingerprint density at radius 3 is 2.90 bits per heavy atom. The second-order valence-electron chi connectivity index (χ2n) is 7.47. The molecule has 0 amide bonds.